The molecule has 0 fully saturated rings. The molecule has 18 heavy (non-hydrogen) atoms. The molecule has 1 nitrogen and oxygen atoms in total. The van der Waals surface area contributed by atoms with Crippen molar-refractivity contribution in [2.45, 2.75) is 26.7 Å². The third kappa shape index (κ3) is 6.31. The number of hydrogen-bond donors (Lipinski definition) is 1. The Bertz CT molecular complexity index is 388. The molecule has 1 rings (SSSR count). The van der Waals surface area contributed by atoms with Crippen LogP contribution >= 0.6 is 15.9 Å². The third-order valence-corrected chi connectivity index (χ3v) is 3.33. The van der Waals surface area contributed by atoms with Gasteiger partial charge in [-0.25, -0.2) is 4.39 Å². The van der Waals surface area contributed by atoms with Crippen LogP contribution in [-0.2, 0) is 6.42 Å². The summed E-state index contributed by atoms with van der Waals surface area (Å²) >= 11 is 3.43. The third-order valence-electron chi connectivity index (χ3n) is 2.55. The Morgan fingerprint density at radius 2 is 2.11 bits per heavy atom. The maximum Gasteiger partial charge on any atom is 0.123 e. The second-order valence-electron chi connectivity index (χ2n) is 4.80. The van der Waals surface area contributed by atoms with Gasteiger partial charge >= 0.3 is 0 Å². The quantitative estimate of drug-likeness (QED) is 0.584. The standard InChI is InChI=1S/C15H21BrFN/c1-12(2)11-18-9-5-3-4-6-13-10-14(17)7-8-15(13)16/h3-4,7-8,10,12,18H,5-6,9,11H2,1-2H3. The van der Waals surface area contributed by atoms with Gasteiger partial charge in [0.15, 0.2) is 0 Å². The second kappa shape index (κ2) is 8.44. The summed E-state index contributed by atoms with van der Waals surface area (Å²) in [4.78, 5) is 0. The highest BCUT2D eigenvalue weighted by atomic mass is 79.9. The number of nitrogens with one attached hydrogen (secondary N) is 1. The van der Waals surface area contributed by atoms with Crippen LogP contribution in [0.5, 0.6) is 0 Å². The SMILES string of the molecule is CC(C)CNCCC=CCc1cc(F)ccc1Br. The molecule has 1 aromatic rings. The predicted octanol–water partition coefficient (Wildman–Crippen LogP) is 4.32. The van der Waals surface area contributed by atoms with Gasteiger partial charge in [-0.2, -0.15) is 0 Å². The largest absolute Gasteiger partial charge is 0.316 e. The molecule has 0 radical (unpaired) electrons. The van der Waals surface area contributed by atoms with Gasteiger partial charge < -0.3 is 5.32 Å². The van der Waals surface area contributed by atoms with Gasteiger partial charge in [0.1, 0.15) is 5.82 Å². The number of rotatable bonds is 7. The minimum absolute atomic E-state index is 0.180. The van der Waals surface area contributed by atoms with Gasteiger partial charge in [-0.15, -0.1) is 0 Å². The zero-order valence-corrected chi connectivity index (χ0v) is 12.6. The molecule has 0 spiro atoms. The summed E-state index contributed by atoms with van der Waals surface area (Å²) in [5.41, 5.74) is 0.987. The van der Waals surface area contributed by atoms with Crippen molar-refractivity contribution in [1.82, 2.24) is 5.32 Å². The monoisotopic (exact) mass is 313 g/mol. The molecule has 100 valence electrons. The Morgan fingerprint density at radius 1 is 1.33 bits per heavy atom. The zero-order valence-electron chi connectivity index (χ0n) is 11.0. The fourth-order valence-electron chi connectivity index (χ4n) is 1.60. The number of allylic oxidation sites excluding steroid dienone is 1. The van der Waals surface area contributed by atoms with E-state index in [1.165, 1.54) is 6.07 Å². The van der Waals surface area contributed by atoms with Crippen molar-refractivity contribution >= 4 is 15.9 Å². The lowest BCUT2D eigenvalue weighted by atomic mass is 10.1. The van der Waals surface area contributed by atoms with E-state index in [1.54, 1.807) is 12.1 Å². The normalized spacial score (nSPS) is 11.6. The molecule has 0 bridgehead atoms. The Labute approximate surface area is 118 Å². The van der Waals surface area contributed by atoms with E-state index < -0.39 is 0 Å². The van der Waals surface area contributed by atoms with Gasteiger partial charge in [-0.1, -0.05) is 41.9 Å². The summed E-state index contributed by atoms with van der Waals surface area (Å²) in [6.45, 7) is 6.46. The highest BCUT2D eigenvalue weighted by molar-refractivity contribution is 9.10. The average Bonchev–Trinajstić information content (AvgIpc) is 2.32. The van der Waals surface area contributed by atoms with E-state index in [0.717, 1.165) is 36.0 Å². The number of halogens is 2. The Morgan fingerprint density at radius 3 is 2.83 bits per heavy atom. The first kappa shape index (κ1) is 15.4. The van der Waals surface area contributed by atoms with Crippen molar-refractivity contribution in [3.05, 3.63) is 46.2 Å². The molecule has 0 atom stereocenters. The first-order chi connectivity index (χ1) is 8.59. The summed E-state index contributed by atoms with van der Waals surface area (Å²) < 4.78 is 14.0. The summed E-state index contributed by atoms with van der Waals surface area (Å²) in [7, 11) is 0. The molecule has 0 saturated heterocycles. The highest BCUT2D eigenvalue weighted by Crippen LogP contribution is 2.18. The summed E-state index contributed by atoms with van der Waals surface area (Å²) in [6, 6.07) is 4.79. The lowest BCUT2D eigenvalue weighted by Gasteiger charge is -2.05. The van der Waals surface area contributed by atoms with Crippen LogP contribution in [0.2, 0.25) is 0 Å². The zero-order chi connectivity index (χ0) is 13.4. The summed E-state index contributed by atoms with van der Waals surface area (Å²) in [6.07, 6.45) is 6.02. The lowest BCUT2D eigenvalue weighted by Crippen LogP contribution is -2.20. The van der Waals surface area contributed by atoms with Crippen molar-refractivity contribution in [2.24, 2.45) is 5.92 Å². The maximum absolute atomic E-state index is 13.0. The molecule has 0 aromatic heterocycles. The van der Waals surface area contributed by atoms with Gasteiger partial charge in [0.2, 0.25) is 0 Å². The minimum Gasteiger partial charge on any atom is -0.316 e. The van der Waals surface area contributed by atoms with Gasteiger partial charge in [0, 0.05) is 4.47 Å². The van der Waals surface area contributed by atoms with E-state index in [2.05, 4.69) is 47.2 Å². The van der Waals surface area contributed by atoms with Gasteiger partial charge in [-0.05, 0) is 55.6 Å². The number of hydrogen-bond acceptors (Lipinski definition) is 1. The maximum atomic E-state index is 13.0. The number of benzene rings is 1. The average molecular weight is 314 g/mol. The molecule has 0 aliphatic heterocycles. The molecule has 1 aromatic carbocycles. The fraction of sp³-hybridized carbons (Fsp3) is 0.467. The molecule has 0 heterocycles. The molecular weight excluding hydrogens is 293 g/mol. The first-order valence-corrected chi connectivity index (χ1v) is 7.18. The smallest absolute Gasteiger partial charge is 0.123 e. The van der Waals surface area contributed by atoms with Crippen LogP contribution in [0.4, 0.5) is 4.39 Å². The van der Waals surface area contributed by atoms with Crippen molar-refractivity contribution in [3.63, 3.8) is 0 Å². The highest BCUT2D eigenvalue weighted by Gasteiger charge is 1.99. The molecule has 0 aliphatic carbocycles. The van der Waals surface area contributed by atoms with Crippen molar-refractivity contribution in [3.8, 4) is 0 Å². The van der Waals surface area contributed by atoms with Crippen LogP contribution in [-0.4, -0.2) is 13.1 Å². The van der Waals surface area contributed by atoms with Gasteiger partial charge in [-0.3, -0.25) is 0 Å². The van der Waals surface area contributed by atoms with E-state index >= 15 is 0 Å². The Hall–Kier alpha value is -0.670. The second-order valence-corrected chi connectivity index (χ2v) is 5.65. The molecule has 0 aliphatic rings. The van der Waals surface area contributed by atoms with Gasteiger partial charge in [0.25, 0.3) is 0 Å². The molecule has 1 N–H and O–H groups in total. The van der Waals surface area contributed by atoms with E-state index in [4.69, 9.17) is 0 Å². The summed E-state index contributed by atoms with van der Waals surface area (Å²) in [5.74, 6) is 0.512. The van der Waals surface area contributed by atoms with E-state index in [1.807, 2.05) is 0 Å². The minimum atomic E-state index is -0.180. The van der Waals surface area contributed by atoms with Crippen molar-refractivity contribution in [2.75, 3.05) is 13.1 Å². The molecular formula is C15H21BrFN. The summed E-state index contributed by atoms with van der Waals surface area (Å²) in [5, 5.41) is 3.38. The van der Waals surface area contributed by atoms with Crippen molar-refractivity contribution in [1.29, 1.82) is 0 Å². The fourth-order valence-corrected chi connectivity index (χ4v) is 2.01. The molecule has 3 heteroatoms. The molecule has 0 saturated carbocycles. The van der Waals surface area contributed by atoms with Crippen LogP contribution < -0.4 is 5.32 Å². The van der Waals surface area contributed by atoms with Crippen molar-refractivity contribution < 1.29 is 4.39 Å². The molecule has 0 unspecified atom stereocenters. The topological polar surface area (TPSA) is 12.0 Å². The van der Waals surface area contributed by atoms with Crippen LogP contribution in [0.25, 0.3) is 0 Å². The molecule has 0 amide bonds. The first-order valence-electron chi connectivity index (χ1n) is 6.39. The lowest BCUT2D eigenvalue weighted by molar-refractivity contribution is 0.556. The Balaban J connectivity index is 2.25. The predicted molar refractivity (Wildman–Crippen MR) is 79.3 cm³/mol. The van der Waals surface area contributed by atoms with E-state index in [-0.39, 0.29) is 5.82 Å². The van der Waals surface area contributed by atoms with Crippen LogP contribution in [0.1, 0.15) is 25.8 Å². The van der Waals surface area contributed by atoms with Gasteiger partial charge in [0.05, 0.1) is 0 Å². The van der Waals surface area contributed by atoms with E-state index in [0.29, 0.717) is 5.92 Å². The van der Waals surface area contributed by atoms with Crippen LogP contribution in [0.3, 0.4) is 0 Å². The van der Waals surface area contributed by atoms with E-state index in [9.17, 15) is 4.39 Å². The van der Waals surface area contributed by atoms with Crippen LogP contribution in [0.15, 0.2) is 34.8 Å². The van der Waals surface area contributed by atoms with Crippen LogP contribution in [0, 0.1) is 11.7 Å². The Kier molecular flexibility index (Phi) is 7.21.